The zero-order chi connectivity index (χ0) is 24.4. The van der Waals surface area contributed by atoms with Crippen molar-refractivity contribution in [2.75, 3.05) is 42.3 Å². The van der Waals surface area contributed by atoms with Crippen molar-refractivity contribution in [3.05, 3.63) is 77.9 Å². The SMILES string of the molecule is Cc1c(CC(C)C)ccc(Nc2ccccc2)c1-c1ccc2nc(N)c(N3CCOCC3)cc2c1. The summed E-state index contributed by atoms with van der Waals surface area (Å²) >= 11 is 0. The molecule has 5 nitrogen and oxygen atoms in total. The molecular weight excluding hydrogens is 432 g/mol. The topological polar surface area (TPSA) is 63.4 Å². The van der Waals surface area contributed by atoms with E-state index in [0.29, 0.717) is 24.9 Å². The summed E-state index contributed by atoms with van der Waals surface area (Å²) in [6.07, 6.45) is 1.05. The van der Waals surface area contributed by atoms with Crippen LogP contribution >= 0.6 is 0 Å². The number of nitrogens with two attached hydrogens (primary N) is 1. The van der Waals surface area contributed by atoms with Crippen LogP contribution in [0, 0.1) is 12.8 Å². The van der Waals surface area contributed by atoms with Gasteiger partial charge in [-0.15, -0.1) is 0 Å². The van der Waals surface area contributed by atoms with Crippen LogP contribution in [0.3, 0.4) is 0 Å². The second kappa shape index (κ2) is 9.96. The lowest BCUT2D eigenvalue weighted by molar-refractivity contribution is 0.123. The van der Waals surface area contributed by atoms with Gasteiger partial charge in [0.05, 0.1) is 24.4 Å². The lowest BCUT2D eigenvalue weighted by Crippen LogP contribution is -2.36. The van der Waals surface area contributed by atoms with Crippen LogP contribution in [0.2, 0.25) is 0 Å². The molecule has 1 fully saturated rings. The Hall–Kier alpha value is -3.57. The number of aromatic nitrogens is 1. The van der Waals surface area contributed by atoms with Crippen molar-refractivity contribution in [2.24, 2.45) is 5.92 Å². The van der Waals surface area contributed by atoms with Crippen LogP contribution in [0.5, 0.6) is 0 Å². The van der Waals surface area contributed by atoms with Crippen molar-refractivity contribution in [3.63, 3.8) is 0 Å². The van der Waals surface area contributed by atoms with Gasteiger partial charge in [-0.1, -0.05) is 44.2 Å². The lowest BCUT2D eigenvalue weighted by atomic mass is 9.90. The van der Waals surface area contributed by atoms with Crippen LogP contribution in [0.15, 0.2) is 66.7 Å². The normalized spacial score (nSPS) is 14.0. The first-order valence-corrected chi connectivity index (χ1v) is 12.5. The molecule has 4 aromatic rings. The number of rotatable bonds is 6. The van der Waals surface area contributed by atoms with Gasteiger partial charge in [0.2, 0.25) is 0 Å². The summed E-state index contributed by atoms with van der Waals surface area (Å²) in [5.41, 5.74) is 15.6. The van der Waals surface area contributed by atoms with E-state index in [2.05, 4.69) is 91.7 Å². The van der Waals surface area contributed by atoms with Gasteiger partial charge in [-0.3, -0.25) is 0 Å². The number of benzene rings is 3. The monoisotopic (exact) mass is 466 g/mol. The Morgan fingerprint density at radius 3 is 2.51 bits per heavy atom. The van der Waals surface area contributed by atoms with Crippen LogP contribution in [0.1, 0.15) is 25.0 Å². The fourth-order valence-corrected chi connectivity index (χ4v) is 4.96. The molecule has 0 atom stereocenters. The number of hydrogen-bond acceptors (Lipinski definition) is 5. The number of fused-ring (bicyclic) bond motifs is 1. The van der Waals surface area contributed by atoms with Gasteiger partial charge in [-0.05, 0) is 72.4 Å². The summed E-state index contributed by atoms with van der Waals surface area (Å²) in [5.74, 6) is 1.17. The molecule has 180 valence electrons. The van der Waals surface area contributed by atoms with Crippen molar-refractivity contribution in [2.45, 2.75) is 27.2 Å². The molecule has 35 heavy (non-hydrogen) atoms. The summed E-state index contributed by atoms with van der Waals surface area (Å²) in [4.78, 5) is 7.01. The van der Waals surface area contributed by atoms with E-state index in [0.717, 1.165) is 47.5 Å². The molecule has 2 heterocycles. The number of para-hydroxylation sites is 1. The molecule has 3 N–H and O–H groups in total. The zero-order valence-corrected chi connectivity index (χ0v) is 20.8. The van der Waals surface area contributed by atoms with Gasteiger partial charge in [0, 0.05) is 35.4 Å². The lowest BCUT2D eigenvalue weighted by Gasteiger charge is -2.29. The highest BCUT2D eigenvalue weighted by Gasteiger charge is 2.18. The molecule has 1 aliphatic rings. The number of hydrogen-bond donors (Lipinski definition) is 2. The van der Waals surface area contributed by atoms with Gasteiger partial charge in [-0.25, -0.2) is 4.98 Å². The summed E-state index contributed by atoms with van der Waals surface area (Å²) < 4.78 is 5.53. The maximum atomic E-state index is 6.36. The predicted molar refractivity (Wildman–Crippen MR) is 148 cm³/mol. The van der Waals surface area contributed by atoms with Crippen molar-refractivity contribution in [1.82, 2.24) is 4.98 Å². The largest absolute Gasteiger partial charge is 0.382 e. The molecule has 0 aliphatic carbocycles. The Bertz CT molecular complexity index is 1330. The first-order chi connectivity index (χ1) is 17.0. The first-order valence-electron chi connectivity index (χ1n) is 12.5. The summed E-state index contributed by atoms with van der Waals surface area (Å²) in [6.45, 7) is 9.88. The maximum absolute atomic E-state index is 6.36. The van der Waals surface area contributed by atoms with Gasteiger partial charge in [0.15, 0.2) is 0 Å². The maximum Gasteiger partial charge on any atom is 0.147 e. The van der Waals surface area contributed by atoms with Crippen LogP contribution in [-0.4, -0.2) is 31.3 Å². The van der Waals surface area contributed by atoms with Crippen molar-refractivity contribution >= 4 is 33.8 Å². The molecule has 0 saturated carbocycles. The number of nitrogens with one attached hydrogen (secondary N) is 1. The fourth-order valence-electron chi connectivity index (χ4n) is 4.96. The molecule has 1 saturated heterocycles. The molecule has 0 bridgehead atoms. The number of pyridine rings is 1. The van der Waals surface area contributed by atoms with E-state index in [9.17, 15) is 0 Å². The minimum atomic E-state index is 0.577. The third kappa shape index (κ3) is 4.96. The van der Waals surface area contributed by atoms with Crippen molar-refractivity contribution in [1.29, 1.82) is 0 Å². The molecule has 0 radical (unpaired) electrons. The van der Waals surface area contributed by atoms with Gasteiger partial charge in [0.1, 0.15) is 5.82 Å². The third-order valence-corrected chi connectivity index (χ3v) is 6.72. The Balaban J connectivity index is 1.62. The number of ether oxygens (including phenoxy) is 1. The highest BCUT2D eigenvalue weighted by molar-refractivity contribution is 5.93. The number of anilines is 4. The number of nitrogens with zero attached hydrogens (tertiary/aromatic N) is 2. The molecule has 0 unspecified atom stereocenters. The zero-order valence-electron chi connectivity index (χ0n) is 20.8. The molecular formula is C30H34N4O. The van der Waals surface area contributed by atoms with Crippen LogP contribution in [0.4, 0.5) is 22.9 Å². The molecule has 1 aliphatic heterocycles. The number of morpholine rings is 1. The highest BCUT2D eigenvalue weighted by Crippen LogP contribution is 2.38. The van der Waals surface area contributed by atoms with E-state index in [-0.39, 0.29) is 0 Å². The standard InChI is InChI=1S/C30H34N4O/c1-20(2)17-22-9-12-27(32-25-7-5-4-6-8-25)29(21(22)3)23-10-11-26-24(18-23)19-28(30(31)33-26)34-13-15-35-16-14-34/h4-12,18-20,32H,13-17H2,1-3H3,(H2,31,33). The minimum absolute atomic E-state index is 0.577. The summed E-state index contributed by atoms with van der Waals surface area (Å²) in [7, 11) is 0. The molecule has 1 aromatic heterocycles. The second-order valence-electron chi connectivity index (χ2n) is 9.76. The predicted octanol–water partition coefficient (Wildman–Crippen LogP) is 6.57. The summed E-state index contributed by atoms with van der Waals surface area (Å²) in [6, 6.07) is 23.5. The minimum Gasteiger partial charge on any atom is -0.382 e. The van der Waals surface area contributed by atoms with Crippen LogP contribution in [-0.2, 0) is 11.2 Å². The highest BCUT2D eigenvalue weighted by atomic mass is 16.5. The van der Waals surface area contributed by atoms with Gasteiger partial charge in [-0.2, -0.15) is 0 Å². The van der Waals surface area contributed by atoms with Crippen LogP contribution < -0.4 is 16.0 Å². The van der Waals surface area contributed by atoms with E-state index in [4.69, 9.17) is 15.5 Å². The van der Waals surface area contributed by atoms with Crippen molar-refractivity contribution in [3.8, 4) is 11.1 Å². The quantitative estimate of drug-likeness (QED) is 0.336. The fraction of sp³-hybridized carbons (Fsp3) is 0.300. The average molecular weight is 467 g/mol. The van der Waals surface area contributed by atoms with Gasteiger partial charge < -0.3 is 20.7 Å². The van der Waals surface area contributed by atoms with E-state index >= 15 is 0 Å². The Labute approximate surface area is 207 Å². The van der Waals surface area contributed by atoms with E-state index in [1.165, 1.54) is 22.3 Å². The third-order valence-electron chi connectivity index (χ3n) is 6.72. The van der Waals surface area contributed by atoms with Gasteiger partial charge in [0.25, 0.3) is 0 Å². The molecule has 5 rings (SSSR count). The Kier molecular flexibility index (Phi) is 6.60. The average Bonchev–Trinajstić information content (AvgIpc) is 2.86. The Morgan fingerprint density at radius 1 is 1.00 bits per heavy atom. The van der Waals surface area contributed by atoms with E-state index in [1.54, 1.807) is 0 Å². The van der Waals surface area contributed by atoms with Gasteiger partial charge >= 0.3 is 0 Å². The van der Waals surface area contributed by atoms with E-state index in [1.807, 2.05) is 6.07 Å². The molecule has 0 spiro atoms. The first kappa shape index (κ1) is 23.2. The molecule has 3 aromatic carbocycles. The summed E-state index contributed by atoms with van der Waals surface area (Å²) in [5, 5.41) is 4.75. The smallest absolute Gasteiger partial charge is 0.147 e. The van der Waals surface area contributed by atoms with Crippen LogP contribution in [0.25, 0.3) is 22.0 Å². The Morgan fingerprint density at radius 2 is 1.77 bits per heavy atom. The van der Waals surface area contributed by atoms with Crippen molar-refractivity contribution < 1.29 is 4.74 Å². The molecule has 0 amide bonds. The second-order valence-corrected chi connectivity index (χ2v) is 9.76. The number of nitrogen functional groups attached to an aromatic ring is 1. The molecule has 5 heteroatoms. The van der Waals surface area contributed by atoms with E-state index < -0.39 is 0 Å².